The number of allylic oxidation sites excluding steroid dienone is 1. The Kier molecular flexibility index (Phi) is 5.34. The molecule has 5 nitrogen and oxygen atoms in total. The van der Waals surface area contributed by atoms with Crippen molar-refractivity contribution in [2.45, 2.75) is 27.7 Å². The number of benzene rings is 3. The highest BCUT2D eigenvalue weighted by Gasteiger charge is 2.35. The Labute approximate surface area is 182 Å². The van der Waals surface area contributed by atoms with E-state index in [4.69, 9.17) is 0 Å². The van der Waals surface area contributed by atoms with E-state index < -0.39 is 0 Å². The van der Waals surface area contributed by atoms with Crippen molar-refractivity contribution < 1.29 is 9.59 Å². The molecule has 2 N–H and O–H groups in total. The van der Waals surface area contributed by atoms with Gasteiger partial charge in [-0.15, -0.1) is 0 Å². The van der Waals surface area contributed by atoms with E-state index in [1.807, 2.05) is 56.3 Å². The third-order valence-corrected chi connectivity index (χ3v) is 5.30. The number of hydrazine groups is 1. The lowest BCUT2D eigenvalue weighted by molar-refractivity contribution is -0.119. The number of aryl methyl sites for hydroxylation is 2. The molecule has 3 aromatic carbocycles. The third-order valence-electron chi connectivity index (χ3n) is 5.30. The summed E-state index contributed by atoms with van der Waals surface area (Å²) in [7, 11) is 0. The van der Waals surface area contributed by atoms with Crippen LogP contribution in [0.3, 0.4) is 0 Å². The molecule has 0 fully saturated rings. The predicted molar refractivity (Wildman–Crippen MR) is 124 cm³/mol. The fourth-order valence-corrected chi connectivity index (χ4v) is 4.02. The molecule has 0 spiro atoms. The number of anilines is 2. The molecule has 31 heavy (non-hydrogen) atoms. The van der Waals surface area contributed by atoms with Gasteiger partial charge in [0.05, 0.1) is 11.3 Å². The number of carbonyl (C=O) groups is 2. The monoisotopic (exact) mass is 411 g/mol. The summed E-state index contributed by atoms with van der Waals surface area (Å²) in [5.74, 6) is -0.350. The Balaban J connectivity index is 1.90. The van der Waals surface area contributed by atoms with Crippen LogP contribution in [-0.4, -0.2) is 11.8 Å². The molecule has 0 saturated heterocycles. The van der Waals surface area contributed by atoms with Crippen molar-refractivity contribution >= 4 is 28.8 Å². The van der Waals surface area contributed by atoms with Gasteiger partial charge in [-0.2, -0.15) is 0 Å². The lowest BCUT2D eigenvalue weighted by Crippen LogP contribution is -2.35. The standard InChI is InChI=1S/C26H25N3O2/c1-16-12-17(2)14-22(13-16)29-24-15-21(20-8-6-5-7-9-20)10-11-23(24)25(26(29)31)18(3)27-28-19(4)30/h5-15,27H,1-4H3,(H,28,30)/b25-18-. The Morgan fingerprint density at radius 3 is 2.13 bits per heavy atom. The van der Waals surface area contributed by atoms with Crippen LogP contribution in [0, 0.1) is 13.8 Å². The van der Waals surface area contributed by atoms with Gasteiger partial charge in [-0.3, -0.25) is 19.9 Å². The largest absolute Gasteiger partial charge is 0.302 e. The second kappa shape index (κ2) is 8.11. The molecule has 1 aliphatic heterocycles. The van der Waals surface area contributed by atoms with E-state index in [1.165, 1.54) is 6.92 Å². The van der Waals surface area contributed by atoms with Crippen molar-refractivity contribution in [3.8, 4) is 11.1 Å². The number of rotatable bonds is 4. The van der Waals surface area contributed by atoms with Crippen molar-refractivity contribution in [1.29, 1.82) is 0 Å². The molecule has 0 atom stereocenters. The SMILES string of the molecule is CC(=O)NN/C(C)=C1\C(=O)N(c2cc(C)cc(C)c2)c2cc(-c3ccccc3)ccc21. The number of hydrogen-bond acceptors (Lipinski definition) is 3. The minimum absolute atomic E-state index is 0.124. The number of amides is 2. The highest BCUT2D eigenvalue weighted by atomic mass is 16.2. The fraction of sp³-hybridized carbons (Fsp3) is 0.154. The molecule has 0 aromatic heterocycles. The summed E-state index contributed by atoms with van der Waals surface area (Å²) in [6.07, 6.45) is 0. The quantitative estimate of drug-likeness (QED) is 0.468. The van der Waals surface area contributed by atoms with Gasteiger partial charge in [0.2, 0.25) is 5.91 Å². The molecule has 0 saturated carbocycles. The summed E-state index contributed by atoms with van der Waals surface area (Å²) < 4.78 is 0. The average Bonchev–Trinajstić information content (AvgIpc) is 3.03. The van der Waals surface area contributed by atoms with Crippen molar-refractivity contribution in [3.63, 3.8) is 0 Å². The van der Waals surface area contributed by atoms with Crippen LogP contribution >= 0.6 is 0 Å². The van der Waals surface area contributed by atoms with Gasteiger partial charge in [0.25, 0.3) is 5.91 Å². The van der Waals surface area contributed by atoms with Crippen LogP contribution in [0.1, 0.15) is 30.5 Å². The van der Waals surface area contributed by atoms with E-state index >= 15 is 0 Å². The highest BCUT2D eigenvalue weighted by molar-refractivity contribution is 6.35. The zero-order valence-electron chi connectivity index (χ0n) is 18.1. The van der Waals surface area contributed by atoms with E-state index in [-0.39, 0.29) is 11.8 Å². The van der Waals surface area contributed by atoms with Crippen molar-refractivity contribution in [1.82, 2.24) is 10.9 Å². The van der Waals surface area contributed by atoms with Crippen molar-refractivity contribution in [2.24, 2.45) is 0 Å². The molecule has 1 aliphatic rings. The highest BCUT2D eigenvalue weighted by Crippen LogP contribution is 2.44. The molecule has 5 heteroatoms. The van der Waals surface area contributed by atoms with Crippen LogP contribution in [-0.2, 0) is 9.59 Å². The summed E-state index contributed by atoms with van der Waals surface area (Å²) in [6.45, 7) is 7.27. The topological polar surface area (TPSA) is 61.4 Å². The van der Waals surface area contributed by atoms with Crippen LogP contribution < -0.4 is 15.8 Å². The molecule has 4 rings (SSSR count). The van der Waals surface area contributed by atoms with E-state index in [2.05, 4.69) is 35.1 Å². The van der Waals surface area contributed by atoms with E-state index in [0.717, 1.165) is 39.2 Å². The zero-order valence-corrected chi connectivity index (χ0v) is 18.1. The van der Waals surface area contributed by atoms with Crippen LogP contribution in [0.25, 0.3) is 16.7 Å². The van der Waals surface area contributed by atoms with Gasteiger partial charge in [-0.05, 0) is 61.2 Å². The van der Waals surface area contributed by atoms with Crippen LogP contribution in [0.2, 0.25) is 0 Å². The Hall–Kier alpha value is -3.86. The van der Waals surface area contributed by atoms with Crippen molar-refractivity contribution in [2.75, 3.05) is 4.90 Å². The first-order chi connectivity index (χ1) is 14.8. The van der Waals surface area contributed by atoms with Gasteiger partial charge in [-0.25, -0.2) is 0 Å². The number of nitrogens with one attached hydrogen (secondary N) is 2. The van der Waals surface area contributed by atoms with Gasteiger partial charge < -0.3 is 5.43 Å². The second-order valence-corrected chi connectivity index (χ2v) is 7.89. The molecule has 2 amide bonds. The van der Waals surface area contributed by atoms with Gasteiger partial charge in [0, 0.05) is 23.9 Å². The molecule has 0 aliphatic carbocycles. The maximum Gasteiger partial charge on any atom is 0.265 e. The third kappa shape index (κ3) is 3.94. The first-order valence-corrected chi connectivity index (χ1v) is 10.2. The van der Waals surface area contributed by atoms with Gasteiger partial charge in [0.15, 0.2) is 0 Å². The van der Waals surface area contributed by atoms with Gasteiger partial charge >= 0.3 is 0 Å². The molecule has 156 valence electrons. The maximum atomic E-state index is 13.6. The number of carbonyl (C=O) groups excluding carboxylic acids is 2. The maximum absolute atomic E-state index is 13.6. The molecule has 3 aromatic rings. The van der Waals surface area contributed by atoms with E-state index in [1.54, 1.807) is 11.8 Å². The normalized spacial score (nSPS) is 14.3. The molecule has 0 bridgehead atoms. The Morgan fingerprint density at radius 2 is 1.48 bits per heavy atom. The van der Waals surface area contributed by atoms with E-state index in [0.29, 0.717) is 11.3 Å². The average molecular weight is 412 g/mol. The van der Waals surface area contributed by atoms with Gasteiger partial charge in [-0.1, -0.05) is 48.5 Å². The number of hydrogen-bond donors (Lipinski definition) is 2. The summed E-state index contributed by atoms with van der Waals surface area (Å²) in [5, 5.41) is 0. The summed E-state index contributed by atoms with van der Waals surface area (Å²) in [6, 6.07) is 22.3. The minimum Gasteiger partial charge on any atom is -0.302 e. The lowest BCUT2D eigenvalue weighted by atomic mass is 10.00. The van der Waals surface area contributed by atoms with E-state index in [9.17, 15) is 9.59 Å². The first-order valence-electron chi connectivity index (χ1n) is 10.2. The summed E-state index contributed by atoms with van der Waals surface area (Å²) in [5.41, 5.74) is 13.4. The molecule has 0 unspecified atom stereocenters. The molecular weight excluding hydrogens is 386 g/mol. The van der Waals surface area contributed by atoms with Crippen molar-refractivity contribution in [3.05, 3.63) is 89.1 Å². The summed E-state index contributed by atoms with van der Waals surface area (Å²) >= 11 is 0. The number of nitrogens with zero attached hydrogens (tertiary/aromatic N) is 1. The van der Waals surface area contributed by atoms with Crippen LogP contribution in [0.5, 0.6) is 0 Å². The minimum atomic E-state index is -0.226. The predicted octanol–water partition coefficient (Wildman–Crippen LogP) is 5.02. The Bertz CT molecular complexity index is 1190. The molecule has 0 radical (unpaired) electrons. The zero-order chi connectivity index (χ0) is 22.1. The Morgan fingerprint density at radius 1 is 0.806 bits per heavy atom. The first kappa shape index (κ1) is 20.4. The lowest BCUT2D eigenvalue weighted by Gasteiger charge is -2.19. The van der Waals surface area contributed by atoms with Crippen LogP contribution in [0.4, 0.5) is 11.4 Å². The second-order valence-electron chi connectivity index (χ2n) is 7.89. The fourth-order valence-electron chi connectivity index (χ4n) is 4.02. The molecule has 1 heterocycles. The summed E-state index contributed by atoms with van der Waals surface area (Å²) in [4.78, 5) is 26.8. The van der Waals surface area contributed by atoms with Gasteiger partial charge in [0.1, 0.15) is 0 Å². The molecular formula is C26H25N3O2. The smallest absolute Gasteiger partial charge is 0.265 e. The van der Waals surface area contributed by atoms with Crippen LogP contribution in [0.15, 0.2) is 72.4 Å². The number of fused-ring (bicyclic) bond motifs is 1.